The molecule has 20 heavy (non-hydrogen) atoms. The van der Waals surface area contributed by atoms with Gasteiger partial charge >= 0.3 is 15.2 Å². The Morgan fingerprint density at radius 1 is 0.700 bits per heavy atom. The third kappa shape index (κ3) is 10.1. The summed E-state index contributed by atoms with van der Waals surface area (Å²) < 4.78 is 22.1. The Balaban J connectivity index is 3.77. The fraction of sp³-hybridized carbons (Fsp3) is 1.00. The average molecular weight is 330 g/mol. The van der Waals surface area contributed by atoms with Crippen LogP contribution in [0.1, 0.15) is 71.1 Å². The number of hydrogen-bond acceptors (Lipinski definition) is 2. The Labute approximate surface area is 121 Å². The summed E-state index contributed by atoms with van der Waals surface area (Å²) in [6.45, 7) is 2.17. The van der Waals surface area contributed by atoms with Crippen molar-refractivity contribution in [3.05, 3.63) is 0 Å². The van der Waals surface area contributed by atoms with E-state index in [1.54, 1.807) is 0 Å². The SMILES string of the molecule is CCCCCCCCCCCC(P(=O)(O)O)P(=O)(O)O. The molecule has 0 aliphatic rings. The molecule has 0 spiro atoms. The van der Waals surface area contributed by atoms with Crippen molar-refractivity contribution >= 4 is 15.2 Å². The predicted octanol–water partition coefficient (Wildman–Crippen LogP) is 3.59. The quantitative estimate of drug-likeness (QED) is 0.321. The van der Waals surface area contributed by atoms with E-state index in [1.807, 2.05) is 0 Å². The van der Waals surface area contributed by atoms with E-state index >= 15 is 0 Å². The van der Waals surface area contributed by atoms with Crippen LogP contribution in [0.25, 0.3) is 0 Å². The highest BCUT2D eigenvalue weighted by Gasteiger charge is 2.42. The van der Waals surface area contributed by atoms with Crippen LogP contribution < -0.4 is 0 Å². The summed E-state index contributed by atoms with van der Waals surface area (Å²) in [4.78, 5) is 35.8. The topological polar surface area (TPSA) is 115 Å². The van der Waals surface area contributed by atoms with E-state index in [9.17, 15) is 9.13 Å². The maximum atomic E-state index is 11.0. The van der Waals surface area contributed by atoms with Gasteiger partial charge < -0.3 is 19.6 Å². The van der Waals surface area contributed by atoms with Crippen molar-refractivity contribution in [3.8, 4) is 0 Å². The van der Waals surface area contributed by atoms with Crippen LogP contribution >= 0.6 is 15.2 Å². The molecule has 0 aliphatic heterocycles. The van der Waals surface area contributed by atoms with Crippen LogP contribution in [0.15, 0.2) is 0 Å². The lowest BCUT2D eigenvalue weighted by atomic mass is 10.1. The van der Waals surface area contributed by atoms with Crippen LogP contribution in [0.5, 0.6) is 0 Å². The monoisotopic (exact) mass is 330 g/mol. The summed E-state index contributed by atoms with van der Waals surface area (Å²) in [6, 6.07) is 0. The van der Waals surface area contributed by atoms with E-state index in [-0.39, 0.29) is 6.42 Å². The zero-order valence-electron chi connectivity index (χ0n) is 12.1. The molecule has 0 bridgehead atoms. The zero-order valence-corrected chi connectivity index (χ0v) is 13.9. The Morgan fingerprint density at radius 2 is 1.05 bits per heavy atom. The lowest BCUT2D eigenvalue weighted by molar-refractivity contribution is 0.333. The van der Waals surface area contributed by atoms with E-state index < -0.39 is 20.6 Å². The first-order valence-corrected chi connectivity index (χ1v) is 10.7. The fourth-order valence-electron chi connectivity index (χ4n) is 2.17. The van der Waals surface area contributed by atoms with Gasteiger partial charge in [0.05, 0.1) is 0 Å². The van der Waals surface area contributed by atoms with Gasteiger partial charge in [-0.15, -0.1) is 0 Å². The van der Waals surface area contributed by atoms with Gasteiger partial charge in [-0.25, -0.2) is 0 Å². The molecule has 0 unspecified atom stereocenters. The van der Waals surface area contributed by atoms with E-state index in [1.165, 1.54) is 25.7 Å². The Kier molecular flexibility index (Phi) is 10.2. The Morgan fingerprint density at radius 3 is 1.40 bits per heavy atom. The second-order valence-corrected chi connectivity index (χ2v) is 9.29. The molecule has 0 atom stereocenters. The van der Waals surface area contributed by atoms with Crippen LogP contribution in [0.3, 0.4) is 0 Å². The molecule has 0 radical (unpaired) electrons. The van der Waals surface area contributed by atoms with Gasteiger partial charge in [-0.3, -0.25) is 9.13 Å². The number of hydrogen-bond donors (Lipinski definition) is 4. The molecule has 0 saturated heterocycles. The van der Waals surface area contributed by atoms with Crippen molar-refractivity contribution in [3.63, 3.8) is 0 Å². The molecular weight excluding hydrogens is 302 g/mol. The Hall–Kier alpha value is 0.300. The van der Waals surface area contributed by atoms with Gasteiger partial charge in [-0.2, -0.15) is 0 Å². The van der Waals surface area contributed by atoms with E-state index in [2.05, 4.69) is 6.92 Å². The lowest BCUT2D eigenvalue weighted by Crippen LogP contribution is -2.09. The highest BCUT2D eigenvalue weighted by molar-refractivity contribution is 7.70. The van der Waals surface area contributed by atoms with Crippen molar-refractivity contribution in [1.29, 1.82) is 0 Å². The molecule has 0 aromatic rings. The van der Waals surface area contributed by atoms with Crippen LogP contribution in [-0.4, -0.2) is 25.0 Å². The average Bonchev–Trinajstić information content (AvgIpc) is 2.28. The van der Waals surface area contributed by atoms with Gasteiger partial charge in [0.2, 0.25) is 0 Å². The predicted molar refractivity (Wildman–Crippen MR) is 79.7 cm³/mol. The maximum absolute atomic E-state index is 11.0. The first kappa shape index (κ1) is 20.3. The minimum absolute atomic E-state index is 0.121. The van der Waals surface area contributed by atoms with Crippen molar-refractivity contribution < 1.29 is 28.7 Å². The minimum Gasteiger partial charge on any atom is -0.324 e. The molecule has 0 fully saturated rings. The van der Waals surface area contributed by atoms with Crippen LogP contribution in [0.2, 0.25) is 0 Å². The third-order valence-electron chi connectivity index (χ3n) is 3.34. The summed E-state index contributed by atoms with van der Waals surface area (Å²) in [5, 5.41) is -1.83. The molecule has 0 saturated carbocycles. The van der Waals surface area contributed by atoms with Crippen molar-refractivity contribution in [2.24, 2.45) is 0 Å². The summed E-state index contributed by atoms with van der Waals surface area (Å²) in [5.74, 6) is 0. The molecule has 0 aliphatic carbocycles. The third-order valence-corrected chi connectivity index (χ3v) is 7.22. The summed E-state index contributed by atoms with van der Waals surface area (Å²) in [5.41, 5.74) is 0. The fourth-order valence-corrected chi connectivity index (χ4v) is 4.78. The molecule has 6 nitrogen and oxygen atoms in total. The number of unbranched alkanes of at least 4 members (excludes halogenated alkanes) is 8. The standard InChI is InChI=1S/C12H28O6P2/c1-2-3-4-5-6-7-8-9-10-11-12(19(13,14)15)20(16,17)18/h12H,2-11H2,1H3,(H2,13,14,15)(H2,16,17,18). The second-order valence-electron chi connectivity index (χ2n) is 5.28. The van der Waals surface area contributed by atoms with Gasteiger partial charge in [0.15, 0.2) is 5.40 Å². The minimum atomic E-state index is -4.73. The van der Waals surface area contributed by atoms with Crippen molar-refractivity contribution in [2.45, 2.75) is 76.5 Å². The van der Waals surface area contributed by atoms with Crippen molar-refractivity contribution in [1.82, 2.24) is 0 Å². The van der Waals surface area contributed by atoms with Gasteiger partial charge in [0.1, 0.15) is 0 Å². The molecule has 0 rings (SSSR count). The van der Waals surface area contributed by atoms with E-state index in [4.69, 9.17) is 19.6 Å². The summed E-state index contributed by atoms with van der Waals surface area (Å²) in [7, 11) is -9.47. The molecule has 0 heterocycles. The second kappa shape index (κ2) is 10.1. The molecule has 8 heteroatoms. The maximum Gasteiger partial charge on any atom is 0.340 e. The van der Waals surface area contributed by atoms with Crippen LogP contribution in [0, 0.1) is 0 Å². The van der Waals surface area contributed by atoms with E-state index in [0.717, 1.165) is 25.7 Å². The largest absolute Gasteiger partial charge is 0.340 e. The molecule has 4 N–H and O–H groups in total. The molecule has 0 amide bonds. The molecule has 0 aromatic carbocycles. The smallest absolute Gasteiger partial charge is 0.324 e. The molecular formula is C12H28O6P2. The summed E-state index contributed by atoms with van der Waals surface area (Å²) in [6.07, 6.45) is 9.17. The van der Waals surface area contributed by atoms with Crippen molar-refractivity contribution in [2.75, 3.05) is 0 Å². The zero-order chi connectivity index (χ0) is 15.6. The first-order chi connectivity index (χ1) is 9.19. The Bertz CT molecular complexity index is 313. The van der Waals surface area contributed by atoms with Gasteiger partial charge in [0, 0.05) is 0 Å². The van der Waals surface area contributed by atoms with E-state index in [0.29, 0.717) is 6.42 Å². The van der Waals surface area contributed by atoms with Gasteiger partial charge in [0.25, 0.3) is 0 Å². The highest BCUT2D eigenvalue weighted by Crippen LogP contribution is 2.61. The highest BCUT2D eigenvalue weighted by atomic mass is 31.2. The van der Waals surface area contributed by atoms with Gasteiger partial charge in [-0.05, 0) is 6.42 Å². The van der Waals surface area contributed by atoms with Crippen LogP contribution in [0.4, 0.5) is 0 Å². The molecule has 122 valence electrons. The van der Waals surface area contributed by atoms with Crippen LogP contribution in [-0.2, 0) is 9.13 Å². The molecule has 0 aromatic heterocycles. The number of rotatable bonds is 12. The first-order valence-electron chi connectivity index (χ1n) is 7.30. The normalized spacial score (nSPS) is 13.1. The lowest BCUT2D eigenvalue weighted by Gasteiger charge is -2.19. The summed E-state index contributed by atoms with van der Waals surface area (Å²) >= 11 is 0. The van der Waals surface area contributed by atoms with Gasteiger partial charge in [-0.1, -0.05) is 64.7 Å².